The quantitative estimate of drug-likeness (QED) is 0.578. The Morgan fingerprint density at radius 1 is 1.20 bits per heavy atom. The summed E-state index contributed by atoms with van der Waals surface area (Å²) in [6, 6.07) is 12.9. The van der Waals surface area contributed by atoms with Crippen molar-refractivity contribution in [2.24, 2.45) is 0 Å². The summed E-state index contributed by atoms with van der Waals surface area (Å²) in [5, 5.41) is 14.3. The Bertz CT molecular complexity index is 985. The Morgan fingerprint density at radius 3 is 2.72 bits per heavy atom. The molecule has 0 fully saturated rings. The van der Waals surface area contributed by atoms with Crippen molar-refractivity contribution in [3.63, 3.8) is 0 Å². The van der Waals surface area contributed by atoms with E-state index in [-0.39, 0.29) is 11.6 Å². The molecule has 0 aliphatic carbocycles. The van der Waals surface area contributed by atoms with Crippen LogP contribution in [0.25, 0.3) is 10.9 Å². The molecule has 0 aliphatic rings. The van der Waals surface area contributed by atoms with E-state index in [9.17, 15) is 14.9 Å². The number of benzene rings is 2. The number of carbonyl (C=O) groups excluding carboxylic acids is 1. The smallest absolute Gasteiger partial charge is 0.271 e. The Hall–Kier alpha value is -3.48. The van der Waals surface area contributed by atoms with E-state index in [4.69, 9.17) is 4.74 Å². The number of nitro groups is 1. The molecule has 7 nitrogen and oxygen atoms in total. The van der Waals surface area contributed by atoms with Gasteiger partial charge in [0.15, 0.2) is 0 Å². The number of aryl methyl sites for hydroxylation is 1. The van der Waals surface area contributed by atoms with Gasteiger partial charge in [0.25, 0.3) is 11.6 Å². The third-order valence-corrected chi connectivity index (χ3v) is 3.77. The van der Waals surface area contributed by atoms with Crippen LogP contribution in [0.3, 0.4) is 0 Å². The number of nitro benzene ring substituents is 1. The summed E-state index contributed by atoms with van der Waals surface area (Å²) < 4.78 is 5.19. The van der Waals surface area contributed by atoms with Crippen LogP contribution in [-0.2, 0) is 0 Å². The molecular formula is C18H15N3O4. The van der Waals surface area contributed by atoms with Gasteiger partial charge in [-0.3, -0.25) is 19.9 Å². The van der Waals surface area contributed by atoms with E-state index in [2.05, 4.69) is 10.3 Å². The molecule has 0 saturated carbocycles. The van der Waals surface area contributed by atoms with Crippen molar-refractivity contribution < 1.29 is 14.5 Å². The molecule has 1 N–H and O–H groups in total. The van der Waals surface area contributed by atoms with Crippen molar-refractivity contribution >= 4 is 28.2 Å². The van der Waals surface area contributed by atoms with Gasteiger partial charge in [0.05, 0.1) is 28.8 Å². The minimum Gasteiger partial charge on any atom is -0.497 e. The fourth-order valence-electron chi connectivity index (χ4n) is 2.50. The standard InChI is InChI=1S/C18H15N3O4/c1-11-16(9-12-8-15(25-2)6-7-17(12)19-11)18(22)20-13-4-3-5-14(10-13)21(23)24/h3-10H,1-2H3,(H,20,22). The summed E-state index contributed by atoms with van der Waals surface area (Å²) in [5.41, 5.74) is 1.98. The first kappa shape index (κ1) is 16.4. The normalized spacial score (nSPS) is 10.5. The van der Waals surface area contributed by atoms with Crippen molar-refractivity contribution in [3.05, 3.63) is 69.9 Å². The summed E-state index contributed by atoms with van der Waals surface area (Å²) >= 11 is 0. The molecule has 3 aromatic rings. The molecule has 0 unspecified atom stereocenters. The maximum atomic E-state index is 12.6. The van der Waals surface area contributed by atoms with Gasteiger partial charge in [-0.15, -0.1) is 0 Å². The van der Waals surface area contributed by atoms with Gasteiger partial charge >= 0.3 is 0 Å². The predicted octanol–water partition coefficient (Wildman–Crippen LogP) is 3.71. The highest BCUT2D eigenvalue weighted by Crippen LogP contribution is 2.23. The number of anilines is 1. The first-order chi connectivity index (χ1) is 12.0. The molecule has 126 valence electrons. The lowest BCUT2D eigenvalue weighted by Crippen LogP contribution is -2.14. The monoisotopic (exact) mass is 337 g/mol. The van der Waals surface area contributed by atoms with E-state index in [0.29, 0.717) is 22.7 Å². The highest BCUT2D eigenvalue weighted by atomic mass is 16.6. The Kier molecular flexibility index (Phi) is 4.30. The van der Waals surface area contributed by atoms with E-state index in [1.165, 1.54) is 18.2 Å². The zero-order valence-electron chi connectivity index (χ0n) is 13.6. The average molecular weight is 337 g/mol. The van der Waals surface area contributed by atoms with Crippen molar-refractivity contribution in [1.82, 2.24) is 4.98 Å². The van der Waals surface area contributed by atoms with Crippen LogP contribution < -0.4 is 10.1 Å². The lowest BCUT2D eigenvalue weighted by atomic mass is 10.1. The number of amides is 1. The van der Waals surface area contributed by atoms with Crippen LogP contribution in [0.15, 0.2) is 48.5 Å². The molecular weight excluding hydrogens is 322 g/mol. The number of nitrogens with one attached hydrogen (secondary N) is 1. The molecule has 0 bridgehead atoms. The molecule has 1 aromatic heterocycles. The maximum absolute atomic E-state index is 12.6. The van der Waals surface area contributed by atoms with Crippen molar-refractivity contribution in [1.29, 1.82) is 0 Å². The van der Waals surface area contributed by atoms with E-state index in [0.717, 1.165) is 10.9 Å². The number of nitrogens with zero attached hydrogens (tertiary/aromatic N) is 2. The number of pyridine rings is 1. The molecule has 1 amide bonds. The number of aromatic nitrogens is 1. The van der Waals surface area contributed by atoms with E-state index in [1.54, 1.807) is 38.3 Å². The Morgan fingerprint density at radius 2 is 2.00 bits per heavy atom. The first-order valence-corrected chi connectivity index (χ1v) is 7.49. The number of ether oxygens (including phenoxy) is 1. The summed E-state index contributed by atoms with van der Waals surface area (Å²) in [4.78, 5) is 27.3. The SMILES string of the molecule is COc1ccc2nc(C)c(C(=O)Nc3cccc([N+](=O)[O-])c3)cc2c1. The van der Waals surface area contributed by atoms with Crippen LogP contribution in [-0.4, -0.2) is 22.9 Å². The van der Waals surface area contributed by atoms with Gasteiger partial charge < -0.3 is 10.1 Å². The number of carbonyl (C=O) groups is 1. The minimum atomic E-state index is -0.509. The number of rotatable bonds is 4. The molecule has 0 radical (unpaired) electrons. The highest BCUT2D eigenvalue weighted by molar-refractivity contribution is 6.07. The van der Waals surface area contributed by atoms with E-state index < -0.39 is 4.92 Å². The topological polar surface area (TPSA) is 94.4 Å². The van der Waals surface area contributed by atoms with Gasteiger partial charge in [-0.1, -0.05) is 6.07 Å². The minimum absolute atomic E-state index is 0.0871. The largest absolute Gasteiger partial charge is 0.497 e. The molecule has 7 heteroatoms. The number of methoxy groups -OCH3 is 1. The van der Waals surface area contributed by atoms with Gasteiger partial charge in [-0.25, -0.2) is 0 Å². The first-order valence-electron chi connectivity index (χ1n) is 7.49. The van der Waals surface area contributed by atoms with Gasteiger partial charge in [-0.2, -0.15) is 0 Å². The summed E-state index contributed by atoms with van der Waals surface area (Å²) in [5.74, 6) is 0.290. The van der Waals surface area contributed by atoms with Crippen molar-refractivity contribution in [3.8, 4) is 5.75 Å². The van der Waals surface area contributed by atoms with Crippen LogP contribution in [0.2, 0.25) is 0 Å². The van der Waals surface area contributed by atoms with Gasteiger partial charge in [0, 0.05) is 23.2 Å². The highest BCUT2D eigenvalue weighted by Gasteiger charge is 2.14. The third kappa shape index (κ3) is 3.40. The van der Waals surface area contributed by atoms with Gasteiger partial charge in [0.1, 0.15) is 5.75 Å². The van der Waals surface area contributed by atoms with Crippen LogP contribution in [0.5, 0.6) is 5.75 Å². The lowest BCUT2D eigenvalue weighted by Gasteiger charge is -2.09. The second-order valence-electron chi connectivity index (χ2n) is 5.44. The molecule has 2 aromatic carbocycles. The number of hydrogen-bond donors (Lipinski definition) is 1. The summed E-state index contributed by atoms with van der Waals surface area (Å²) in [6.07, 6.45) is 0. The summed E-state index contributed by atoms with van der Waals surface area (Å²) in [7, 11) is 1.57. The second-order valence-corrected chi connectivity index (χ2v) is 5.44. The second kappa shape index (κ2) is 6.56. The Labute approximate surface area is 143 Å². The van der Waals surface area contributed by atoms with Crippen molar-refractivity contribution in [2.45, 2.75) is 6.92 Å². The average Bonchev–Trinajstić information content (AvgIpc) is 2.60. The molecule has 1 heterocycles. The predicted molar refractivity (Wildman–Crippen MR) is 94.1 cm³/mol. The van der Waals surface area contributed by atoms with Gasteiger partial charge in [0.2, 0.25) is 0 Å². The number of fused-ring (bicyclic) bond motifs is 1. The fourth-order valence-corrected chi connectivity index (χ4v) is 2.50. The van der Waals surface area contributed by atoms with Crippen LogP contribution in [0.4, 0.5) is 11.4 Å². The van der Waals surface area contributed by atoms with Gasteiger partial charge in [-0.05, 0) is 37.3 Å². The molecule has 0 spiro atoms. The Balaban J connectivity index is 1.95. The van der Waals surface area contributed by atoms with Crippen molar-refractivity contribution in [2.75, 3.05) is 12.4 Å². The fraction of sp³-hybridized carbons (Fsp3) is 0.111. The molecule has 25 heavy (non-hydrogen) atoms. The van der Waals surface area contributed by atoms with Crippen LogP contribution in [0, 0.1) is 17.0 Å². The molecule has 0 aliphatic heterocycles. The van der Waals surface area contributed by atoms with Crippen LogP contribution >= 0.6 is 0 Å². The molecule has 0 atom stereocenters. The molecule has 0 saturated heterocycles. The zero-order valence-corrected chi connectivity index (χ0v) is 13.6. The van der Waals surface area contributed by atoms with Crippen LogP contribution in [0.1, 0.15) is 16.1 Å². The number of hydrogen-bond acceptors (Lipinski definition) is 5. The van der Waals surface area contributed by atoms with E-state index >= 15 is 0 Å². The zero-order chi connectivity index (χ0) is 18.0. The maximum Gasteiger partial charge on any atom is 0.271 e. The third-order valence-electron chi connectivity index (χ3n) is 3.77. The molecule has 3 rings (SSSR count). The van der Waals surface area contributed by atoms with E-state index in [1.807, 2.05) is 6.07 Å². The lowest BCUT2D eigenvalue weighted by molar-refractivity contribution is -0.384. The number of non-ortho nitro benzene ring substituents is 1. The summed E-state index contributed by atoms with van der Waals surface area (Å²) in [6.45, 7) is 1.74.